The first-order valence-electron chi connectivity index (χ1n) is 7.24. The molecule has 8 heteroatoms. The van der Waals surface area contributed by atoms with Crippen molar-refractivity contribution in [1.82, 2.24) is 10.3 Å². The van der Waals surface area contributed by atoms with Gasteiger partial charge in [0.2, 0.25) is 0 Å². The number of pyridine rings is 1. The average Bonchev–Trinajstić information content (AvgIpc) is 2.58. The summed E-state index contributed by atoms with van der Waals surface area (Å²) >= 11 is 0. The van der Waals surface area contributed by atoms with Crippen LogP contribution in [0.4, 0.5) is 5.69 Å². The number of nitrogens with one attached hydrogen (secondary N) is 1. The highest BCUT2D eigenvalue weighted by Gasteiger charge is 2.16. The number of Topliss-reactive ketones (excluding diaryl/α,β-unsaturated/α-hetero) is 1. The number of benzene rings is 1. The second-order valence-corrected chi connectivity index (χ2v) is 7.23. The average molecular weight is 363 g/mol. The predicted molar refractivity (Wildman–Crippen MR) is 96.0 cm³/mol. The van der Waals surface area contributed by atoms with Crippen LogP contribution in [0, 0.1) is 10.1 Å². The number of nitrogens with zero attached hydrogens (tertiary/aromatic N) is 2. The van der Waals surface area contributed by atoms with Crippen LogP contribution in [0.15, 0.2) is 52.5 Å². The van der Waals surface area contributed by atoms with E-state index in [0.29, 0.717) is 11.6 Å². The Morgan fingerprint density at radius 3 is 2.75 bits per heavy atom. The van der Waals surface area contributed by atoms with Crippen molar-refractivity contribution >= 4 is 33.1 Å². The van der Waals surface area contributed by atoms with Crippen LogP contribution >= 0.6 is 21.6 Å². The van der Waals surface area contributed by atoms with Crippen LogP contribution in [0.2, 0.25) is 0 Å². The van der Waals surface area contributed by atoms with Gasteiger partial charge < -0.3 is 5.32 Å². The summed E-state index contributed by atoms with van der Waals surface area (Å²) < 4.78 is 0. The molecule has 1 aromatic carbocycles. The van der Waals surface area contributed by atoms with Crippen LogP contribution in [0.25, 0.3) is 0 Å². The summed E-state index contributed by atoms with van der Waals surface area (Å²) in [6.07, 6.45) is 1.54. The maximum Gasteiger partial charge on any atom is 0.302 e. The lowest BCUT2D eigenvalue weighted by atomic mass is 10.2. The van der Waals surface area contributed by atoms with E-state index < -0.39 is 4.92 Å². The van der Waals surface area contributed by atoms with E-state index in [-0.39, 0.29) is 17.5 Å². The molecule has 1 aromatic heterocycles. The van der Waals surface area contributed by atoms with Crippen LogP contribution in [0.5, 0.6) is 0 Å². The molecule has 1 heterocycles. The third-order valence-corrected chi connectivity index (χ3v) is 5.74. The molecule has 24 heavy (non-hydrogen) atoms. The first-order chi connectivity index (χ1) is 11.5. The summed E-state index contributed by atoms with van der Waals surface area (Å²) in [4.78, 5) is 27.0. The van der Waals surface area contributed by atoms with E-state index in [1.807, 2.05) is 31.2 Å². The Balaban J connectivity index is 2.08. The van der Waals surface area contributed by atoms with Crippen molar-refractivity contribution < 1.29 is 9.72 Å². The van der Waals surface area contributed by atoms with E-state index in [0.717, 1.165) is 10.5 Å². The zero-order chi connectivity index (χ0) is 17.5. The molecule has 126 valence electrons. The zero-order valence-electron chi connectivity index (χ0n) is 13.3. The summed E-state index contributed by atoms with van der Waals surface area (Å²) in [6, 6.07) is 10.5. The van der Waals surface area contributed by atoms with Crippen molar-refractivity contribution in [3.8, 4) is 0 Å². The van der Waals surface area contributed by atoms with Crippen molar-refractivity contribution in [2.45, 2.75) is 36.4 Å². The summed E-state index contributed by atoms with van der Waals surface area (Å²) in [5, 5.41) is 14.6. The SMILES string of the molecule is CC(=O)C(C)NCc1ccccc1SSc1ncccc1[N+](=O)[O-]. The molecule has 1 N–H and O–H groups in total. The van der Waals surface area contributed by atoms with Gasteiger partial charge in [-0.05, 0) is 42.3 Å². The molecule has 2 rings (SSSR count). The van der Waals surface area contributed by atoms with E-state index in [9.17, 15) is 14.9 Å². The smallest absolute Gasteiger partial charge is 0.302 e. The molecule has 0 bridgehead atoms. The Labute approximate surface area is 148 Å². The number of ketones is 1. The number of hydrogen-bond donors (Lipinski definition) is 1. The normalized spacial score (nSPS) is 11.9. The number of carbonyl (C=O) groups is 1. The molecule has 0 aliphatic rings. The molecule has 0 aliphatic heterocycles. The summed E-state index contributed by atoms with van der Waals surface area (Å²) in [6.45, 7) is 3.92. The van der Waals surface area contributed by atoms with Gasteiger partial charge in [0.05, 0.1) is 11.0 Å². The number of aromatic nitrogens is 1. The van der Waals surface area contributed by atoms with Gasteiger partial charge in [-0.2, -0.15) is 0 Å². The largest absolute Gasteiger partial charge is 0.304 e. The summed E-state index contributed by atoms with van der Waals surface area (Å²) in [5.41, 5.74) is 1.03. The second-order valence-electron chi connectivity index (χ2n) is 5.07. The number of hydrogen-bond acceptors (Lipinski definition) is 7. The quantitative estimate of drug-likeness (QED) is 0.433. The van der Waals surface area contributed by atoms with Crippen molar-refractivity contribution in [1.29, 1.82) is 0 Å². The standard InChI is InChI=1S/C16H17N3O3S2/c1-11(12(2)20)18-10-13-6-3-4-8-15(13)23-24-16-14(19(21)22)7-5-9-17-16/h3-9,11,18H,10H2,1-2H3. The molecule has 0 saturated heterocycles. The third kappa shape index (κ3) is 5.05. The van der Waals surface area contributed by atoms with Crippen molar-refractivity contribution in [2.24, 2.45) is 0 Å². The Hall–Kier alpha value is -1.90. The van der Waals surface area contributed by atoms with Gasteiger partial charge in [-0.15, -0.1) is 0 Å². The monoisotopic (exact) mass is 363 g/mol. The lowest BCUT2D eigenvalue weighted by molar-refractivity contribution is -0.388. The topological polar surface area (TPSA) is 85.1 Å². The lowest BCUT2D eigenvalue weighted by Gasteiger charge is -2.13. The minimum absolute atomic E-state index is 0.00388. The highest BCUT2D eigenvalue weighted by atomic mass is 33.1. The maximum atomic E-state index is 11.3. The molecule has 1 atom stereocenters. The Bertz CT molecular complexity index is 740. The minimum Gasteiger partial charge on any atom is -0.304 e. The first-order valence-corrected chi connectivity index (χ1v) is 9.39. The Kier molecular flexibility index (Phi) is 6.77. The van der Waals surface area contributed by atoms with E-state index >= 15 is 0 Å². The molecule has 0 fully saturated rings. The highest BCUT2D eigenvalue weighted by Crippen LogP contribution is 2.41. The third-order valence-electron chi connectivity index (χ3n) is 3.34. The molecule has 0 spiro atoms. The molecule has 1 unspecified atom stereocenters. The van der Waals surface area contributed by atoms with Crippen LogP contribution in [-0.2, 0) is 11.3 Å². The molecule has 6 nitrogen and oxygen atoms in total. The van der Waals surface area contributed by atoms with E-state index in [1.54, 1.807) is 13.0 Å². The fourth-order valence-electron chi connectivity index (χ4n) is 1.81. The minimum atomic E-state index is -0.433. The molecule has 0 aliphatic carbocycles. The molecule has 2 aromatic rings. The highest BCUT2D eigenvalue weighted by molar-refractivity contribution is 8.76. The van der Waals surface area contributed by atoms with Crippen LogP contribution in [0.3, 0.4) is 0 Å². The molecule has 0 amide bonds. The number of carbonyl (C=O) groups excluding carboxylic acids is 1. The van der Waals surface area contributed by atoms with Gasteiger partial charge in [0.1, 0.15) is 5.78 Å². The zero-order valence-corrected chi connectivity index (χ0v) is 14.9. The Morgan fingerprint density at radius 2 is 2.04 bits per heavy atom. The fraction of sp³-hybridized carbons (Fsp3) is 0.250. The van der Waals surface area contributed by atoms with Crippen molar-refractivity contribution in [3.05, 3.63) is 58.3 Å². The van der Waals surface area contributed by atoms with E-state index in [2.05, 4.69) is 10.3 Å². The van der Waals surface area contributed by atoms with Crippen LogP contribution < -0.4 is 5.32 Å². The maximum absolute atomic E-state index is 11.3. The van der Waals surface area contributed by atoms with Gasteiger partial charge >= 0.3 is 5.69 Å². The van der Waals surface area contributed by atoms with Crippen LogP contribution in [-0.4, -0.2) is 21.7 Å². The number of nitro groups is 1. The number of rotatable bonds is 8. The van der Waals surface area contributed by atoms with Gasteiger partial charge in [0.25, 0.3) is 0 Å². The van der Waals surface area contributed by atoms with Gasteiger partial charge in [-0.25, -0.2) is 4.98 Å². The second kappa shape index (κ2) is 8.81. The van der Waals surface area contributed by atoms with E-state index in [4.69, 9.17) is 0 Å². The fourth-order valence-corrected chi connectivity index (χ4v) is 4.07. The lowest BCUT2D eigenvalue weighted by Crippen LogP contribution is -2.31. The Morgan fingerprint density at radius 1 is 1.29 bits per heavy atom. The molecular formula is C16H17N3O3S2. The first kappa shape index (κ1) is 18.4. The van der Waals surface area contributed by atoms with Crippen LogP contribution in [0.1, 0.15) is 19.4 Å². The summed E-state index contributed by atoms with van der Waals surface area (Å²) in [5.74, 6) is 0.0821. The molecule has 0 radical (unpaired) electrons. The van der Waals surface area contributed by atoms with Gasteiger partial charge in [-0.3, -0.25) is 14.9 Å². The van der Waals surface area contributed by atoms with Gasteiger partial charge in [0.15, 0.2) is 5.03 Å². The molecule has 0 saturated carbocycles. The van der Waals surface area contributed by atoms with Crippen molar-refractivity contribution in [3.63, 3.8) is 0 Å². The molecular weight excluding hydrogens is 346 g/mol. The van der Waals surface area contributed by atoms with E-state index in [1.165, 1.54) is 33.9 Å². The summed E-state index contributed by atoms with van der Waals surface area (Å²) in [7, 11) is 2.67. The van der Waals surface area contributed by atoms with Crippen molar-refractivity contribution in [2.75, 3.05) is 0 Å². The van der Waals surface area contributed by atoms with Gasteiger partial charge in [-0.1, -0.05) is 29.0 Å². The predicted octanol–water partition coefficient (Wildman–Crippen LogP) is 3.86. The van der Waals surface area contributed by atoms with Gasteiger partial charge in [0, 0.05) is 23.7 Å².